The van der Waals surface area contributed by atoms with Crippen molar-refractivity contribution in [2.24, 2.45) is 0 Å². The van der Waals surface area contributed by atoms with E-state index in [2.05, 4.69) is 9.97 Å². The average Bonchev–Trinajstić information content (AvgIpc) is 1.86. The molecule has 0 amide bonds. The lowest BCUT2D eigenvalue weighted by Gasteiger charge is -2.11. The number of alkyl halides is 3. The number of nitrogens with zero attached hydrogens (tertiary/aromatic N) is 2. The number of aryl methyl sites for hydroxylation is 1. The fourth-order valence-electron chi connectivity index (χ4n) is 0.696. The molecule has 0 fully saturated rings. The van der Waals surface area contributed by atoms with E-state index in [-0.39, 0.29) is 0 Å². The zero-order chi connectivity index (χ0) is 8.48. The number of halogens is 3. The Morgan fingerprint density at radius 2 is 2.00 bits per heavy atom. The van der Waals surface area contributed by atoms with Gasteiger partial charge in [0.15, 0.2) is 0 Å². The van der Waals surface area contributed by atoms with Crippen LogP contribution in [0.25, 0.3) is 0 Å². The summed E-state index contributed by atoms with van der Waals surface area (Å²) in [6.07, 6.45) is 2.95. The van der Waals surface area contributed by atoms with Gasteiger partial charge in [-0.1, -0.05) is 34.8 Å². The van der Waals surface area contributed by atoms with E-state index < -0.39 is 3.79 Å². The molecule has 0 atom stereocenters. The van der Waals surface area contributed by atoms with Crippen molar-refractivity contribution >= 4 is 34.8 Å². The summed E-state index contributed by atoms with van der Waals surface area (Å²) in [5.41, 5.74) is 1.20. The number of hydrogen-bond acceptors (Lipinski definition) is 2. The summed E-state index contributed by atoms with van der Waals surface area (Å²) in [4.78, 5) is 7.61. The molecule has 1 rings (SSSR count). The minimum absolute atomic E-state index is 0.428. The molecule has 5 heteroatoms. The predicted octanol–water partition coefficient (Wildman–Crippen LogP) is 2.61. The summed E-state index contributed by atoms with van der Waals surface area (Å²) in [7, 11) is 0. The SMILES string of the molecule is Cc1cncnc1C(Cl)(Cl)Cl. The van der Waals surface area contributed by atoms with Gasteiger partial charge in [-0.15, -0.1) is 0 Å². The first-order valence-corrected chi connectivity index (χ1v) is 3.99. The fourth-order valence-corrected chi connectivity index (χ4v) is 1.29. The van der Waals surface area contributed by atoms with E-state index in [1.54, 1.807) is 13.1 Å². The van der Waals surface area contributed by atoms with Gasteiger partial charge in [-0.25, -0.2) is 9.97 Å². The quantitative estimate of drug-likeness (QED) is 0.617. The third-order valence-electron chi connectivity index (χ3n) is 1.16. The average molecular weight is 211 g/mol. The van der Waals surface area contributed by atoms with E-state index in [1.165, 1.54) is 6.33 Å². The largest absolute Gasteiger partial charge is 0.245 e. The van der Waals surface area contributed by atoms with Gasteiger partial charge in [-0.05, 0) is 12.5 Å². The number of rotatable bonds is 0. The van der Waals surface area contributed by atoms with Crippen LogP contribution in [-0.4, -0.2) is 9.97 Å². The van der Waals surface area contributed by atoms with E-state index in [4.69, 9.17) is 34.8 Å². The van der Waals surface area contributed by atoms with Crippen LogP contribution in [0.4, 0.5) is 0 Å². The van der Waals surface area contributed by atoms with Gasteiger partial charge >= 0.3 is 0 Å². The first-order valence-electron chi connectivity index (χ1n) is 2.85. The van der Waals surface area contributed by atoms with Crippen LogP contribution in [0, 0.1) is 6.92 Å². The van der Waals surface area contributed by atoms with Crippen molar-refractivity contribution in [1.29, 1.82) is 0 Å². The Bertz CT molecular complexity index is 256. The Hall–Kier alpha value is -0.0500. The van der Waals surface area contributed by atoms with E-state index in [1.807, 2.05) is 0 Å². The van der Waals surface area contributed by atoms with Gasteiger partial charge in [0.05, 0.1) is 5.69 Å². The molecular formula is C6H5Cl3N2. The van der Waals surface area contributed by atoms with Crippen LogP contribution < -0.4 is 0 Å². The van der Waals surface area contributed by atoms with Gasteiger partial charge in [0.25, 0.3) is 0 Å². The summed E-state index contributed by atoms with van der Waals surface area (Å²) in [6.45, 7) is 1.79. The zero-order valence-corrected chi connectivity index (χ0v) is 7.95. The molecule has 1 heterocycles. The van der Waals surface area contributed by atoms with Crippen LogP contribution in [0.5, 0.6) is 0 Å². The summed E-state index contributed by atoms with van der Waals surface area (Å²) >= 11 is 16.8. The maximum absolute atomic E-state index is 5.60. The van der Waals surface area contributed by atoms with Crippen molar-refractivity contribution in [2.45, 2.75) is 10.7 Å². The zero-order valence-electron chi connectivity index (χ0n) is 5.68. The molecule has 0 radical (unpaired) electrons. The first-order chi connectivity index (χ1) is 5.02. The van der Waals surface area contributed by atoms with Gasteiger partial charge in [0, 0.05) is 6.20 Å². The molecule has 0 saturated carbocycles. The van der Waals surface area contributed by atoms with E-state index >= 15 is 0 Å². The standard InChI is InChI=1S/C6H5Cl3N2/c1-4-2-10-3-11-5(4)6(7,8)9/h2-3H,1H3. The molecule has 0 N–H and O–H groups in total. The van der Waals surface area contributed by atoms with Gasteiger partial charge in [-0.3, -0.25) is 0 Å². The van der Waals surface area contributed by atoms with E-state index in [9.17, 15) is 0 Å². The molecule has 1 aromatic rings. The molecule has 1 aromatic heterocycles. The van der Waals surface area contributed by atoms with Crippen molar-refractivity contribution < 1.29 is 0 Å². The molecule has 0 aliphatic carbocycles. The van der Waals surface area contributed by atoms with Crippen LogP contribution in [0.1, 0.15) is 11.3 Å². The molecule has 2 nitrogen and oxygen atoms in total. The monoisotopic (exact) mass is 210 g/mol. The molecule has 0 aliphatic heterocycles. The fraction of sp³-hybridized carbons (Fsp3) is 0.333. The summed E-state index contributed by atoms with van der Waals surface area (Å²) in [5, 5.41) is 0. The topological polar surface area (TPSA) is 25.8 Å². The summed E-state index contributed by atoms with van der Waals surface area (Å²) in [6, 6.07) is 0. The highest BCUT2D eigenvalue weighted by molar-refractivity contribution is 6.66. The first kappa shape index (κ1) is 9.04. The van der Waals surface area contributed by atoms with Gasteiger partial charge in [-0.2, -0.15) is 0 Å². The van der Waals surface area contributed by atoms with Crippen molar-refractivity contribution in [3.05, 3.63) is 23.8 Å². The lowest BCUT2D eigenvalue weighted by Crippen LogP contribution is -2.06. The maximum Gasteiger partial charge on any atom is 0.232 e. The molecular weight excluding hydrogens is 206 g/mol. The second-order valence-corrected chi connectivity index (χ2v) is 4.33. The highest BCUT2D eigenvalue weighted by atomic mass is 35.6. The number of hydrogen-bond donors (Lipinski definition) is 0. The molecule has 0 aromatic carbocycles. The van der Waals surface area contributed by atoms with Crippen molar-refractivity contribution in [3.8, 4) is 0 Å². The van der Waals surface area contributed by atoms with Gasteiger partial charge in [0.1, 0.15) is 6.33 Å². The Morgan fingerprint density at radius 1 is 1.36 bits per heavy atom. The second kappa shape index (κ2) is 3.13. The van der Waals surface area contributed by atoms with Crippen LogP contribution in [-0.2, 0) is 3.79 Å². The van der Waals surface area contributed by atoms with Crippen molar-refractivity contribution in [1.82, 2.24) is 9.97 Å². The Kier molecular flexibility index (Phi) is 2.58. The van der Waals surface area contributed by atoms with Crippen molar-refractivity contribution in [3.63, 3.8) is 0 Å². The minimum atomic E-state index is -1.45. The maximum atomic E-state index is 5.60. The van der Waals surface area contributed by atoms with Crippen LogP contribution in [0.3, 0.4) is 0 Å². The molecule has 0 unspecified atom stereocenters. The second-order valence-electron chi connectivity index (χ2n) is 2.05. The third-order valence-corrected chi connectivity index (χ3v) is 1.70. The summed E-state index contributed by atoms with van der Waals surface area (Å²) < 4.78 is -1.45. The van der Waals surface area contributed by atoms with Crippen molar-refractivity contribution in [2.75, 3.05) is 0 Å². The Morgan fingerprint density at radius 3 is 2.36 bits per heavy atom. The summed E-state index contributed by atoms with van der Waals surface area (Å²) in [5.74, 6) is 0. The normalized spacial score (nSPS) is 11.6. The molecule has 11 heavy (non-hydrogen) atoms. The number of aromatic nitrogens is 2. The predicted molar refractivity (Wildman–Crippen MR) is 46.0 cm³/mol. The molecule has 60 valence electrons. The van der Waals surface area contributed by atoms with Crippen LogP contribution >= 0.6 is 34.8 Å². The van der Waals surface area contributed by atoms with E-state index in [0.29, 0.717) is 5.69 Å². The highest BCUT2D eigenvalue weighted by Gasteiger charge is 2.26. The molecule has 0 spiro atoms. The Balaban J connectivity index is 3.14. The smallest absolute Gasteiger partial charge is 0.232 e. The third kappa shape index (κ3) is 2.19. The van der Waals surface area contributed by atoms with Crippen LogP contribution in [0.2, 0.25) is 0 Å². The minimum Gasteiger partial charge on any atom is -0.245 e. The molecule has 0 bridgehead atoms. The Labute approximate surface area is 79.5 Å². The highest BCUT2D eigenvalue weighted by Crippen LogP contribution is 2.37. The molecule has 0 saturated heterocycles. The van der Waals surface area contributed by atoms with Gasteiger partial charge in [0.2, 0.25) is 3.79 Å². The van der Waals surface area contributed by atoms with Crippen LogP contribution in [0.15, 0.2) is 12.5 Å². The molecule has 0 aliphatic rings. The lowest BCUT2D eigenvalue weighted by molar-refractivity contribution is 0.997. The van der Waals surface area contributed by atoms with Gasteiger partial charge < -0.3 is 0 Å². The lowest BCUT2D eigenvalue weighted by atomic mass is 10.3. The van der Waals surface area contributed by atoms with E-state index in [0.717, 1.165) is 5.56 Å².